The molecule has 0 bridgehead atoms. The number of benzene rings is 2. The van der Waals surface area contributed by atoms with Gasteiger partial charge in [0.15, 0.2) is 5.13 Å². The lowest BCUT2D eigenvalue weighted by Gasteiger charge is -2.34. The van der Waals surface area contributed by atoms with Crippen molar-refractivity contribution in [1.29, 1.82) is 0 Å². The molecule has 8 heteroatoms. The lowest BCUT2D eigenvalue weighted by atomic mass is 10.1. The lowest BCUT2D eigenvalue weighted by molar-refractivity contribution is 0.384. The summed E-state index contributed by atoms with van der Waals surface area (Å²) in [6.45, 7) is 5.66. The van der Waals surface area contributed by atoms with Crippen LogP contribution < -0.4 is 4.90 Å². The number of anilines is 1. The maximum atomic E-state index is 13.6. The summed E-state index contributed by atoms with van der Waals surface area (Å²) in [4.78, 5) is 6.94. The van der Waals surface area contributed by atoms with E-state index in [0.717, 1.165) is 35.3 Å². The van der Waals surface area contributed by atoms with Crippen molar-refractivity contribution in [2.75, 3.05) is 31.1 Å². The van der Waals surface area contributed by atoms with E-state index in [1.807, 2.05) is 5.38 Å². The Labute approximate surface area is 187 Å². The fourth-order valence-electron chi connectivity index (χ4n) is 3.78. The average Bonchev–Trinajstić information content (AvgIpc) is 3.26. The molecule has 0 radical (unpaired) electrons. The molecule has 1 aliphatic rings. The zero-order valence-corrected chi connectivity index (χ0v) is 19.3. The molecule has 0 unspecified atom stereocenters. The van der Waals surface area contributed by atoms with Crippen LogP contribution in [-0.4, -0.2) is 43.9 Å². The van der Waals surface area contributed by atoms with Gasteiger partial charge in [0, 0.05) is 37.1 Å². The van der Waals surface area contributed by atoms with E-state index in [1.165, 1.54) is 22.0 Å². The van der Waals surface area contributed by atoms with Gasteiger partial charge in [0.1, 0.15) is 5.82 Å². The van der Waals surface area contributed by atoms with E-state index in [4.69, 9.17) is 4.98 Å². The number of rotatable bonds is 6. The van der Waals surface area contributed by atoms with Gasteiger partial charge in [-0.3, -0.25) is 0 Å². The number of halogens is 1. The van der Waals surface area contributed by atoms with Gasteiger partial charge in [-0.15, -0.1) is 11.3 Å². The first-order valence-corrected chi connectivity index (χ1v) is 12.8. The molecular weight excluding hydrogens is 433 g/mol. The third-order valence-electron chi connectivity index (χ3n) is 5.56. The molecular formula is C23H26FN3O2S2. The van der Waals surface area contributed by atoms with E-state index in [0.29, 0.717) is 31.7 Å². The smallest absolute Gasteiger partial charge is 0.243 e. The number of aryl methyl sites for hydroxylation is 2. The van der Waals surface area contributed by atoms with Crippen molar-refractivity contribution in [2.24, 2.45) is 0 Å². The summed E-state index contributed by atoms with van der Waals surface area (Å²) in [7, 11) is -3.72. The van der Waals surface area contributed by atoms with Crippen LogP contribution in [0, 0.1) is 12.7 Å². The van der Waals surface area contributed by atoms with Crippen molar-refractivity contribution in [2.45, 2.75) is 31.6 Å². The van der Waals surface area contributed by atoms with Crippen LogP contribution in [0.1, 0.15) is 24.5 Å². The summed E-state index contributed by atoms with van der Waals surface area (Å²) in [5.74, 6) is -0.541. The molecule has 164 valence electrons. The van der Waals surface area contributed by atoms with Crippen LogP contribution in [-0.2, 0) is 16.4 Å². The van der Waals surface area contributed by atoms with E-state index >= 15 is 0 Å². The van der Waals surface area contributed by atoms with Gasteiger partial charge >= 0.3 is 0 Å². The molecule has 0 amide bonds. The maximum absolute atomic E-state index is 13.6. The zero-order chi connectivity index (χ0) is 22.0. The molecule has 1 saturated heterocycles. The molecule has 2 aromatic carbocycles. The lowest BCUT2D eigenvalue weighted by Crippen LogP contribution is -2.48. The second-order valence-corrected chi connectivity index (χ2v) is 10.5. The molecule has 0 saturated carbocycles. The Balaban J connectivity index is 1.44. The molecule has 3 aromatic rings. The van der Waals surface area contributed by atoms with Crippen molar-refractivity contribution < 1.29 is 12.8 Å². The van der Waals surface area contributed by atoms with Crippen molar-refractivity contribution in [3.8, 4) is 11.3 Å². The van der Waals surface area contributed by atoms with E-state index in [2.05, 4.69) is 36.1 Å². The monoisotopic (exact) mass is 459 g/mol. The van der Waals surface area contributed by atoms with Crippen LogP contribution in [0.3, 0.4) is 0 Å². The van der Waals surface area contributed by atoms with Crippen molar-refractivity contribution in [1.82, 2.24) is 9.29 Å². The highest BCUT2D eigenvalue weighted by molar-refractivity contribution is 7.89. The Morgan fingerprint density at radius 3 is 2.45 bits per heavy atom. The van der Waals surface area contributed by atoms with Crippen LogP contribution in [0.5, 0.6) is 0 Å². The molecule has 0 atom stereocenters. The van der Waals surface area contributed by atoms with Gasteiger partial charge in [-0.2, -0.15) is 4.31 Å². The second kappa shape index (κ2) is 9.06. The SMILES string of the molecule is CCCc1ccc(-c2csc(N3CCN(S(=O)(=O)c4cc(F)ccc4C)CC3)n2)cc1. The molecule has 4 rings (SSSR count). The predicted molar refractivity (Wildman–Crippen MR) is 124 cm³/mol. The topological polar surface area (TPSA) is 53.5 Å². The van der Waals surface area contributed by atoms with E-state index in [9.17, 15) is 12.8 Å². The van der Waals surface area contributed by atoms with Crippen LogP contribution in [0.4, 0.5) is 9.52 Å². The molecule has 1 fully saturated rings. The number of aromatic nitrogens is 1. The fraction of sp³-hybridized carbons (Fsp3) is 0.348. The van der Waals surface area contributed by atoms with E-state index in [1.54, 1.807) is 18.3 Å². The third-order valence-corrected chi connectivity index (χ3v) is 8.50. The first-order valence-electron chi connectivity index (χ1n) is 10.4. The Kier molecular flexibility index (Phi) is 6.41. The molecule has 1 aliphatic heterocycles. The molecule has 5 nitrogen and oxygen atoms in total. The number of hydrogen-bond donors (Lipinski definition) is 0. The van der Waals surface area contributed by atoms with Gasteiger partial charge < -0.3 is 4.90 Å². The van der Waals surface area contributed by atoms with Crippen molar-refractivity contribution in [3.05, 3.63) is 64.8 Å². The summed E-state index contributed by atoms with van der Waals surface area (Å²) >= 11 is 1.57. The molecule has 0 spiro atoms. The minimum atomic E-state index is -3.72. The highest BCUT2D eigenvalue weighted by atomic mass is 32.2. The quantitative estimate of drug-likeness (QED) is 0.535. The Morgan fingerprint density at radius 1 is 1.06 bits per heavy atom. The van der Waals surface area contributed by atoms with Gasteiger partial charge in [-0.05, 0) is 36.6 Å². The maximum Gasteiger partial charge on any atom is 0.243 e. The van der Waals surface area contributed by atoms with Gasteiger partial charge in [0.2, 0.25) is 10.0 Å². The molecule has 0 N–H and O–H groups in total. The molecule has 2 heterocycles. The molecule has 1 aromatic heterocycles. The molecule has 31 heavy (non-hydrogen) atoms. The number of piperazine rings is 1. The van der Waals surface area contributed by atoms with E-state index in [-0.39, 0.29) is 4.90 Å². The van der Waals surface area contributed by atoms with Gasteiger partial charge in [-0.1, -0.05) is 43.7 Å². The van der Waals surface area contributed by atoms with Crippen LogP contribution in [0.25, 0.3) is 11.3 Å². The third kappa shape index (κ3) is 4.66. The van der Waals surface area contributed by atoms with Crippen LogP contribution in [0.2, 0.25) is 0 Å². The van der Waals surface area contributed by atoms with Crippen molar-refractivity contribution in [3.63, 3.8) is 0 Å². The van der Waals surface area contributed by atoms with Gasteiger partial charge in [0.05, 0.1) is 10.6 Å². The Bertz CT molecular complexity index is 1150. The first-order chi connectivity index (χ1) is 14.9. The van der Waals surface area contributed by atoms with Crippen molar-refractivity contribution >= 4 is 26.5 Å². The highest BCUT2D eigenvalue weighted by Crippen LogP contribution is 2.29. The van der Waals surface area contributed by atoms with Crippen LogP contribution in [0.15, 0.2) is 52.7 Å². The summed E-state index contributed by atoms with van der Waals surface area (Å²) in [6, 6.07) is 12.4. The largest absolute Gasteiger partial charge is 0.345 e. The summed E-state index contributed by atoms with van der Waals surface area (Å²) in [5.41, 5.74) is 3.91. The zero-order valence-electron chi connectivity index (χ0n) is 17.7. The molecule has 0 aliphatic carbocycles. The predicted octanol–water partition coefficient (Wildman–Crippen LogP) is 4.72. The number of thiazole rings is 1. The summed E-state index contributed by atoms with van der Waals surface area (Å²) in [6.07, 6.45) is 2.20. The van der Waals surface area contributed by atoms with Gasteiger partial charge in [-0.25, -0.2) is 17.8 Å². The summed E-state index contributed by atoms with van der Waals surface area (Å²) < 4.78 is 41.1. The Hall–Kier alpha value is -2.29. The average molecular weight is 460 g/mol. The first kappa shape index (κ1) is 21.9. The normalized spacial score (nSPS) is 15.4. The standard InChI is InChI=1S/C23H26FN3O2S2/c1-3-4-18-6-8-19(9-7-18)21-16-30-23(25-21)26-11-13-27(14-12-26)31(28,29)22-15-20(24)10-5-17(22)2/h5-10,15-16H,3-4,11-14H2,1-2H3. The highest BCUT2D eigenvalue weighted by Gasteiger charge is 2.30. The minimum absolute atomic E-state index is 0.0454. The minimum Gasteiger partial charge on any atom is -0.345 e. The number of hydrogen-bond acceptors (Lipinski definition) is 5. The fourth-order valence-corrected chi connectivity index (χ4v) is 6.33. The van der Waals surface area contributed by atoms with Gasteiger partial charge in [0.25, 0.3) is 0 Å². The Morgan fingerprint density at radius 2 is 1.77 bits per heavy atom. The number of nitrogens with zero attached hydrogens (tertiary/aromatic N) is 3. The van der Waals surface area contributed by atoms with E-state index < -0.39 is 15.8 Å². The number of sulfonamides is 1. The van der Waals surface area contributed by atoms with Crippen LogP contribution >= 0.6 is 11.3 Å². The summed E-state index contributed by atoms with van der Waals surface area (Å²) in [5, 5.41) is 2.94. The second-order valence-electron chi connectivity index (χ2n) is 7.76.